The van der Waals surface area contributed by atoms with Crippen molar-refractivity contribution in [2.24, 2.45) is 16.3 Å². The monoisotopic (exact) mass is 386 g/mol. The van der Waals surface area contributed by atoms with E-state index in [4.69, 9.17) is 9.47 Å². The smallest absolute Gasteiger partial charge is 0.193 e. The van der Waals surface area contributed by atoms with Crippen LogP contribution < -0.4 is 10.1 Å². The number of ether oxygens (including phenoxy) is 2. The van der Waals surface area contributed by atoms with Crippen molar-refractivity contribution in [3.8, 4) is 5.75 Å². The first-order valence-corrected chi connectivity index (χ1v) is 10.6. The molecular formula is C22H34N4O2. The lowest BCUT2D eigenvalue weighted by Crippen LogP contribution is -2.68. The average Bonchev–Trinajstić information content (AvgIpc) is 3.17. The summed E-state index contributed by atoms with van der Waals surface area (Å²) in [6, 6.07) is 10.5. The van der Waals surface area contributed by atoms with Crippen LogP contribution >= 0.6 is 0 Å². The van der Waals surface area contributed by atoms with E-state index in [0.717, 1.165) is 64.1 Å². The summed E-state index contributed by atoms with van der Waals surface area (Å²) in [5, 5.41) is 3.77. The summed E-state index contributed by atoms with van der Waals surface area (Å²) in [5.74, 6) is 2.62. The second-order valence-corrected chi connectivity index (χ2v) is 8.72. The van der Waals surface area contributed by atoms with E-state index in [1.54, 1.807) is 0 Å². The third-order valence-corrected chi connectivity index (χ3v) is 6.69. The van der Waals surface area contributed by atoms with E-state index in [9.17, 15) is 0 Å². The lowest BCUT2D eigenvalue weighted by Gasteiger charge is -2.55. The van der Waals surface area contributed by atoms with Gasteiger partial charge in [-0.25, -0.2) is 0 Å². The fraction of sp³-hybridized carbons (Fsp3) is 0.682. The Balaban J connectivity index is 1.22. The molecule has 3 unspecified atom stereocenters. The second kappa shape index (κ2) is 8.29. The summed E-state index contributed by atoms with van der Waals surface area (Å²) < 4.78 is 11.8. The van der Waals surface area contributed by atoms with Gasteiger partial charge in [-0.15, -0.1) is 0 Å². The minimum Gasteiger partial charge on any atom is -0.492 e. The topological polar surface area (TPSA) is 49.3 Å². The summed E-state index contributed by atoms with van der Waals surface area (Å²) in [5.41, 5.74) is 0.174. The second-order valence-electron chi connectivity index (χ2n) is 8.72. The predicted molar refractivity (Wildman–Crippen MR) is 112 cm³/mol. The molecule has 154 valence electrons. The quantitative estimate of drug-likeness (QED) is 0.620. The molecule has 1 aromatic carbocycles. The molecule has 2 aliphatic heterocycles. The zero-order valence-electron chi connectivity index (χ0n) is 17.4. The highest BCUT2D eigenvalue weighted by atomic mass is 16.5. The van der Waals surface area contributed by atoms with Crippen LogP contribution in [0.5, 0.6) is 5.75 Å². The number of benzene rings is 1. The molecule has 0 radical (unpaired) electrons. The van der Waals surface area contributed by atoms with Gasteiger partial charge in [0.2, 0.25) is 0 Å². The maximum Gasteiger partial charge on any atom is 0.193 e. The van der Waals surface area contributed by atoms with Crippen molar-refractivity contribution in [3.05, 3.63) is 30.3 Å². The van der Waals surface area contributed by atoms with Crippen LogP contribution in [0.3, 0.4) is 0 Å². The minimum atomic E-state index is 0.174. The van der Waals surface area contributed by atoms with E-state index in [1.807, 2.05) is 37.4 Å². The Morgan fingerprint density at radius 2 is 1.96 bits per heavy atom. The van der Waals surface area contributed by atoms with Gasteiger partial charge in [-0.2, -0.15) is 0 Å². The molecule has 1 N–H and O–H groups in total. The number of piperazine rings is 1. The molecule has 3 fully saturated rings. The Bertz CT molecular complexity index is 670. The van der Waals surface area contributed by atoms with Crippen molar-refractivity contribution in [2.75, 3.05) is 53.0 Å². The van der Waals surface area contributed by atoms with Gasteiger partial charge in [0.05, 0.1) is 6.10 Å². The molecule has 4 rings (SSSR count). The number of rotatable bonds is 5. The van der Waals surface area contributed by atoms with E-state index < -0.39 is 0 Å². The first-order chi connectivity index (χ1) is 13.6. The molecule has 0 amide bonds. The highest BCUT2D eigenvalue weighted by Gasteiger charge is 2.59. The van der Waals surface area contributed by atoms with Gasteiger partial charge in [-0.3, -0.25) is 9.89 Å². The third kappa shape index (κ3) is 3.85. The Labute approximate surface area is 168 Å². The molecule has 6 heteroatoms. The number of hydrogen-bond donors (Lipinski definition) is 1. The van der Waals surface area contributed by atoms with Crippen molar-refractivity contribution in [1.82, 2.24) is 15.1 Å². The third-order valence-electron chi connectivity index (χ3n) is 6.69. The van der Waals surface area contributed by atoms with Crippen LogP contribution in [0.1, 0.15) is 20.3 Å². The summed E-state index contributed by atoms with van der Waals surface area (Å²) in [6.07, 6.45) is 1.57. The molecule has 28 heavy (non-hydrogen) atoms. The molecule has 3 aliphatic rings. The zero-order chi connectivity index (χ0) is 19.6. The number of nitrogens with one attached hydrogen (secondary N) is 1. The van der Waals surface area contributed by atoms with Gasteiger partial charge in [0.15, 0.2) is 5.96 Å². The van der Waals surface area contributed by atoms with Crippen LogP contribution in [0.2, 0.25) is 0 Å². The zero-order valence-corrected chi connectivity index (χ0v) is 17.4. The Morgan fingerprint density at radius 1 is 1.21 bits per heavy atom. The number of fused-ring (bicyclic) bond motifs is 1. The van der Waals surface area contributed by atoms with Crippen molar-refractivity contribution in [1.29, 1.82) is 0 Å². The van der Waals surface area contributed by atoms with Gasteiger partial charge in [0.1, 0.15) is 12.4 Å². The largest absolute Gasteiger partial charge is 0.492 e. The van der Waals surface area contributed by atoms with E-state index in [0.29, 0.717) is 18.1 Å². The molecule has 1 saturated carbocycles. The van der Waals surface area contributed by atoms with Crippen LogP contribution in [-0.4, -0.2) is 80.9 Å². The van der Waals surface area contributed by atoms with E-state index in [-0.39, 0.29) is 5.41 Å². The molecule has 0 bridgehead atoms. The van der Waals surface area contributed by atoms with Gasteiger partial charge >= 0.3 is 0 Å². The van der Waals surface area contributed by atoms with E-state index in [2.05, 4.69) is 34.0 Å². The molecule has 0 aromatic heterocycles. The molecule has 1 aliphatic carbocycles. The van der Waals surface area contributed by atoms with Crippen molar-refractivity contribution < 1.29 is 9.47 Å². The van der Waals surface area contributed by atoms with Crippen molar-refractivity contribution in [2.45, 2.75) is 32.4 Å². The van der Waals surface area contributed by atoms with Crippen LogP contribution in [0, 0.1) is 11.3 Å². The maximum absolute atomic E-state index is 5.93. The number of aliphatic imine (C=N–C) groups is 1. The highest BCUT2D eigenvalue weighted by Crippen LogP contribution is 2.52. The fourth-order valence-electron chi connectivity index (χ4n) is 5.05. The minimum absolute atomic E-state index is 0.174. The average molecular weight is 387 g/mol. The predicted octanol–water partition coefficient (Wildman–Crippen LogP) is 2.07. The summed E-state index contributed by atoms with van der Waals surface area (Å²) in [4.78, 5) is 9.46. The summed E-state index contributed by atoms with van der Waals surface area (Å²) in [7, 11) is 1.90. The van der Waals surface area contributed by atoms with Gasteiger partial charge in [0.25, 0.3) is 0 Å². The number of nitrogens with zero attached hydrogens (tertiary/aromatic N) is 3. The standard InChI is InChI=1S/C22H34N4O2/c1-22(2)19(18-9-15-28-20(18)22)24-21(23-3)26-12-10-25(11-13-26)14-16-27-17-7-5-4-6-8-17/h4-8,18-20H,9-16H2,1-3H3,(H,23,24). The van der Waals surface area contributed by atoms with Crippen molar-refractivity contribution >= 4 is 5.96 Å². The molecule has 0 spiro atoms. The van der Waals surface area contributed by atoms with Crippen LogP contribution in [0.25, 0.3) is 0 Å². The summed E-state index contributed by atoms with van der Waals surface area (Å²) >= 11 is 0. The van der Waals surface area contributed by atoms with Crippen LogP contribution in [-0.2, 0) is 4.74 Å². The first kappa shape index (κ1) is 19.5. The number of hydrogen-bond acceptors (Lipinski definition) is 4. The Morgan fingerprint density at radius 3 is 2.68 bits per heavy atom. The van der Waals surface area contributed by atoms with Gasteiger partial charge < -0.3 is 19.7 Å². The Kier molecular flexibility index (Phi) is 5.78. The normalized spacial score (nSPS) is 29.9. The molecular weight excluding hydrogens is 352 g/mol. The molecule has 2 saturated heterocycles. The summed E-state index contributed by atoms with van der Waals surface area (Å²) in [6.45, 7) is 11.3. The SMILES string of the molecule is CN=C(NC1C2CCOC2C1(C)C)N1CCN(CCOc2ccccc2)CC1. The lowest BCUT2D eigenvalue weighted by atomic mass is 9.57. The molecule has 2 heterocycles. The fourth-order valence-corrected chi connectivity index (χ4v) is 5.05. The molecule has 3 atom stereocenters. The maximum atomic E-state index is 5.93. The molecule has 6 nitrogen and oxygen atoms in total. The van der Waals surface area contributed by atoms with Gasteiger partial charge in [-0.05, 0) is 18.6 Å². The highest BCUT2D eigenvalue weighted by molar-refractivity contribution is 5.80. The van der Waals surface area contributed by atoms with Gasteiger partial charge in [-0.1, -0.05) is 32.0 Å². The van der Waals surface area contributed by atoms with Crippen LogP contribution in [0.15, 0.2) is 35.3 Å². The van der Waals surface area contributed by atoms with E-state index >= 15 is 0 Å². The van der Waals surface area contributed by atoms with E-state index in [1.165, 1.54) is 0 Å². The number of para-hydroxylation sites is 1. The van der Waals surface area contributed by atoms with Crippen molar-refractivity contribution in [3.63, 3.8) is 0 Å². The first-order valence-electron chi connectivity index (χ1n) is 10.6. The van der Waals surface area contributed by atoms with Gasteiger partial charge in [0, 0.05) is 63.8 Å². The number of guanidine groups is 1. The lowest BCUT2D eigenvalue weighted by molar-refractivity contribution is -0.107. The Hall–Kier alpha value is -1.79. The molecule has 1 aromatic rings. The van der Waals surface area contributed by atoms with Crippen LogP contribution in [0.4, 0.5) is 0 Å².